The van der Waals surface area contributed by atoms with Gasteiger partial charge in [0, 0.05) is 13.1 Å². The van der Waals surface area contributed by atoms with Crippen LogP contribution < -0.4 is 0 Å². The normalized spacial score (nSPS) is 21.7. The van der Waals surface area contributed by atoms with Crippen molar-refractivity contribution in [1.29, 1.82) is 0 Å². The number of aliphatic carboxylic acids is 1. The van der Waals surface area contributed by atoms with E-state index in [1.165, 1.54) is 19.1 Å². The van der Waals surface area contributed by atoms with Gasteiger partial charge in [-0.3, -0.25) is 13.8 Å². The van der Waals surface area contributed by atoms with Gasteiger partial charge in [-0.1, -0.05) is 48.5 Å². The predicted molar refractivity (Wildman–Crippen MR) is 110 cm³/mol. The smallest absolute Gasteiger partial charge is 0.311 e. The van der Waals surface area contributed by atoms with Crippen LogP contribution in [0.2, 0.25) is 0 Å². The van der Waals surface area contributed by atoms with Crippen LogP contribution in [0.25, 0.3) is 0 Å². The van der Waals surface area contributed by atoms with Gasteiger partial charge in [0.25, 0.3) is 10.1 Å². The van der Waals surface area contributed by atoms with Crippen molar-refractivity contribution in [2.75, 3.05) is 19.7 Å². The SMILES string of the molecule is C[C@@]1(C(=O)O)CN(CCc2ccccc2)C(=O)C1CCOS(=O)(=O)c1ccccc1. The van der Waals surface area contributed by atoms with Gasteiger partial charge in [0.1, 0.15) is 0 Å². The molecule has 0 aliphatic carbocycles. The van der Waals surface area contributed by atoms with Gasteiger partial charge in [-0.25, -0.2) is 0 Å². The molecule has 2 atom stereocenters. The molecule has 30 heavy (non-hydrogen) atoms. The van der Waals surface area contributed by atoms with Crippen molar-refractivity contribution in [3.63, 3.8) is 0 Å². The highest BCUT2D eigenvalue weighted by Crippen LogP contribution is 2.39. The van der Waals surface area contributed by atoms with E-state index in [1.54, 1.807) is 23.1 Å². The van der Waals surface area contributed by atoms with Gasteiger partial charge >= 0.3 is 5.97 Å². The molecule has 0 aromatic heterocycles. The zero-order valence-electron chi connectivity index (χ0n) is 16.7. The van der Waals surface area contributed by atoms with Gasteiger partial charge in [0.05, 0.1) is 22.8 Å². The number of carbonyl (C=O) groups excluding carboxylic acids is 1. The maximum absolute atomic E-state index is 12.9. The zero-order chi connectivity index (χ0) is 21.8. The Hall–Kier alpha value is -2.71. The van der Waals surface area contributed by atoms with Gasteiger partial charge in [0.2, 0.25) is 5.91 Å². The first kappa shape index (κ1) is 22.0. The van der Waals surface area contributed by atoms with Crippen molar-refractivity contribution >= 4 is 22.0 Å². The largest absolute Gasteiger partial charge is 0.481 e. The van der Waals surface area contributed by atoms with Crippen molar-refractivity contribution in [1.82, 2.24) is 4.90 Å². The van der Waals surface area contributed by atoms with E-state index in [-0.39, 0.29) is 30.4 Å². The lowest BCUT2D eigenvalue weighted by Crippen LogP contribution is -2.37. The topological polar surface area (TPSA) is 101 Å². The molecule has 3 rings (SSSR count). The van der Waals surface area contributed by atoms with Crippen LogP contribution in [0.3, 0.4) is 0 Å². The standard InChI is InChI=1S/C22H25NO6S/c1-22(21(25)26)16-23(14-12-17-8-4-2-5-9-17)20(24)19(22)13-15-29-30(27,28)18-10-6-3-7-11-18/h2-11,19H,12-16H2,1H3,(H,25,26)/t19?,22-/m1/s1. The quantitative estimate of drug-likeness (QED) is 0.613. The molecule has 1 heterocycles. The van der Waals surface area contributed by atoms with E-state index >= 15 is 0 Å². The number of nitrogens with zero attached hydrogens (tertiary/aromatic N) is 1. The molecule has 0 saturated carbocycles. The van der Waals surface area contributed by atoms with Crippen molar-refractivity contribution in [2.45, 2.75) is 24.7 Å². The molecule has 1 N–H and O–H groups in total. The summed E-state index contributed by atoms with van der Waals surface area (Å²) >= 11 is 0. The summed E-state index contributed by atoms with van der Waals surface area (Å²) in [5, 5.41) is 9.76. The van der Waals surface area contributed by atoms with Gasteiger partial charge in [-0.05, 0) is 37.5 Å². The molecule has 0 bridgehead atoms. The second kappa shape index (κ2) is 8.97. The van der Waals surface area contributed by atoms with E-state index in [0.29, 0.717) is 13.0 Å². The second-order valence-electron chi connectivity index (χ2n) is 7.65. The highest BCUT2D eigenvalue weighted by atomic mass is 32.2. The third kappa shape index (κ3) is 4.71. The lowest BCUT2D eigenvalue weighted by molar-refractivity contribution is -0.151. The fraction of sp³-hybridized carbons (Fsp3) is 0.364. The number of hydrogen-bond donors (Lipinski definition) is 1. The number of likely N-dealkylation sites (tertiary alicyclic amines) is 1. The number of rotatable bonds is 9. The maximum Gasteiger partial charge on any atom is 0.311 e. The highest BCUT2D eigenvalue weighted by Gasteiger charge is 2.53. The Morgan fingerprint density at radius 1 is 1.13 bits per heavy atom. The molecule has 0 radical (unpaired) electrons. The summed E-state index contributed by atoms with van der Waals surface area (Å²) in [6, 6.07) is 17.3. The summed E-state index contributed by atoms with van der Waals surface area (Å²) < 4.78 is 29.6. The Kier molecular flexibility index (Phi) is 6.58. The van der Waals surface area contributed by atoms with E-state index in [1.807, 2.05) is 30.3 Å². The van der Waals surface area contributed by atoms with Crippen LogP contribution in [0.1, 0.15) is 18.9 Å². The minimum atomic E-state index is -3.96. The molecule has 1 aliphatic rings. The molecule has 7 nitrogen and oxygen atoms in total. The number of carboxylic acid groups (broad SMARTS) is 1. The van der Waals surface area contributed by atoms with E-state index < -0.39 is 27.4 Å². The Bertz CT molecular complexity index is 993. The third-order valence-corrected chi connectivity index (χ3v) is 6.90. The Morgan fingerprint density at radius 2 is 1.73 bits per heavy atom. The monoisotopic (exact) mass is 431 g/mol. The summed E-state index contributed by atoms with van der Waals surface area (Å²) in [4.78, 5) is 26.4. The molecule has 1 amide bonds. The Balaban J connectivity index is 1.66. The second-order valence-corrected chi connectivity index (χ2v) is 9.26. The van der Waals surface area contributed by atoms with Crippen LogP contribution >= 0.6 is 0 Å². The Morgan fingerprint density at radius 3 is 2.33 bits per heavy atom. The lowest BCUT2D eigenvalue weighted by Gasteiger charge is -2.23. The van der Waals surface area contributed by atoms with E-state index in [4.69, 9.17) is 4.18 Å². The molecule has 1 aliphatic heterocycles. The van der Waals surface area contributed by atoms with Gasteiger partial charge in [-0.15, -0.1) is 0 Å². The number of benzene rings is 2. The third-order valence-electron chi connectivity index (χ3n) is 5.58. The van der Waals surface area contributed by atoms with Crippen LogP contribution in [-0.4, -0.2) is 50.0 Å². The number of carbonyl (C=O) groups is 2. The maximum atomic E-state index is 12.9. The first-order valence-corrected chi connectivity index (χ1v) is 11.2. The van der Waals surface area contributed by atoms with E-state index in [9.17, 15) is 23.1 Å². The summed E-state index contributed by atoms with van der Waals surface area (Å²) in [7, 11) is -3.96. The zero-order valence-corrected chi connectivity index (χ0v) is 17.5. The van der Waals surface area contributed by atoms with Crippen molar-refractivity contribution in [3.8, 4) is 0 Å². The van der Waals surface area contributed by atoms with E-state index in [2.05, 4.69) is 0 Å². The minimum absolute atomic E-state index is 0.00946. The molecule has 2 aromatic rings. The summed E-state index contributed by atoms with van der Waals surface area (Å²) in [6.45, 7) is 1.77. The van der Waals surface area contributed by atoms with Crippen molar-refractivity contribution in [2.24, 2.45) is 11.3 Å². The van der Waals surface area contributed by atoms with Gasteiger partial charge in [-0.2, -0.15) is 8.42 Å². The predicted octanol–water partition coefficient (Wildman–Crippen LogP) is 2.57. The molecule has 1 saturated heterocycles. The average molecular weight is 432 g/mol. The van der Waals surface area contributed by atoms with Crippen LogP contribution in [-0.2, 0) is 30.3 Å². The first-order chi connectivity index (χ1) is 14.2. The molecule has 160 valence electrons. The molecular weight excluding hydrogens is 406 g/mol. The average Bonchev–Trinajstić information content (AvgIpc) is 2.99. The lowest BCUT2D eigenvalue weighted by atomic mass is 9.78. The molecule has 1 unspecified atom stereocenters. The highest BCUT2D eigenvalue weighted by molar-refractivity contribution is 7.86. The van der Waals surface area contributed by atoms with E-state index in [0.717, 1.165) is 5.56 Å². The van der Waals surface area contributed by atoms with Crippen molar-refractivity contribution < 1.29 is 27.3 Å². The molecule has 8 heteroatoms. The van der Waals surface area contributed by atoms with Gasteiger partial charge in [0.15, 0.2) is 0 Å². The fourth-order valence-electron chi connectivity index (χ4n) is 3.77. The van der Waals surface area contributed by atoms with Gasteiger partial charge < -0.3 is 10.0 Å². The molecular formula is C22H25NO6S. The summed E-state index contributed by atoms with van der Waals surface area (Å²) in [5.74, 6) is -2.21. The first-order valence-electron chi connectivity index (χ1n) is 9.74. The number of amides is 1. The van der Waals surface area contributed by atoms with Crippen molar-refractivity contribution in [3.05, 3.63) is 66.2 Å². The summed E-state index contributed by atoms with van der Waals surface area (Å²) in [5.41, 5.74) is -0.240. The fourth-order valence-corrected chi connectivity index (χ4v) is 4.71. The van der Waals surface area contributed by atoms with Crippen LogP contribution in [0.5, 0.6) is 0 Å². The Labute approximate surface area is 176 Å². The van der Waals surface area contributed by atoms with Crippen LogP contribution in [0.15, 0.2) is 65.6 Å². The molecule has 2 aromatic carbocycles. The molecule has 0 spiro atoms. The van der Waals surface area contributed by atoms with Crippen LogP contribution in [0.4, 0.5) is 0 Å². The van der Waals surface area contributed by atoms with Crippen LogP contribution in [0, 0.1) is 11.3 Å². The summed E-state index contributed by atoms with van der Waals surface area (Å²) in [6.07, 6.45) is 0.628. The number of hydrogen-bond acceptors (Lipinski definition) is 5. The minimum Gasteiger partial charge on any atom is -0.481 e. The molecule has 1 fully saturated rings. The number of carboxylic acids is 1.